The normalized spacial score (nSPS) is 19.1. The van der Waals surface area contributed by atoms with Crippen LogP contribution in [-0.4, -0.2) is 35.9 Å². The monoisotopic (exact) mass is 441 g/mol. The lowest BCUT2D eigenvalue weighted by Crippen LogP contribution is -2.48. The number of anilines is 1. The molecule has 1 spiro atoms. The number of imide groups is 1. The molecule has 0 bridgehead atoms. The fourth-order valence-electron chi connectivity index (χ4n) is 4.46. The molecule has 2 aliphatic rings. The Hall–Kier alpha value is -4.13. The lowest BCUT2D eigenvalue weighted by molar-refractivity contribution is -0.135. The van der Waals surface area contributed by atoms with Crippen molar-refractivity contribution < 1.29 is 19.1 Å². The van der Waals surface area contributed by atoms with E-state index in [4.69, 9.17) is 4.74 Å². The van der Waals surface area contributed by atoms with Crippen LogP contribution in [0.15, 0.2) is 78.9 Å². The number of urea groups is 1. The van der Waals surface area contributed by atoms with Gasteiger partial charge >= 0.3 is 6.03 Å². The van der Waals surface area contributed by atoms with E-state index in [0.717, 1.165) is 16.0 Å². The van der Waals surface area contributed by atoms with E-state index in [0.29, 0.717) is 36.4 Å². The Labute approximate surface area is 191 Å². The summed E-state index contributed by atoms with van der Waals surface area (Å²) in [5, 5.41) is 5.69. The molecule has 7 nitrogen and oxygen atoms in total. The molecule has 33 heavy (non-hydrogen) atoms. The number of hydrogen-bond donors (Lipinski definition) is 2. The number of benzene rings is 3. The third kappa shape index (κ3) is 3.82. The highest BCUT2D eigenvalue weighted by Crippen LogP contribution is 2.40. The Morgan fingerprint density at radius 2 is 1.70 bits per heavy atom. The highest BCUT2D eigenvalue weighted by molar-refractivity contribution is 6.10. The molecule has 1 fully saturated rings. The molecule has 0 radical (unpaired) electrons. The Kier molecular flexibility index (Phi) is 5.30. The molecule has 4 amide bonds. The summed E-state index contributed by atoms with van der Waals surface area (Å²) in [5.74, 6) is -0.300. The number of nitrogens with zero attached hydrogens (tertiary/aromatic N) is 1. The SMILES string of the molecule is O=C(CN1C(=O)NC2(CCOc3ccccc32)C1=O)Nc1ccccc1Cc1ccccc1. The van der Waals surface area contributed by atoms with Crippen LogP contribution in [0.3, 0.4) is 0 Å². The van der Waals surface area contributed by atoms with Gasteiger partial charge in [-0.25, -0.2) is 4.79 Å². The molecule has 1 saturated heterocycles. The van der Waals surface area contributed by atoms with Gasteiger partial charge in [-0.15, -0.1) is 0 Å². The molecular formula is C26H23N3O4. The molecule has 2 N–H and O–H groups in total. The van der Waals surface area contributed by atoms with Crippen molar-refractivity contribution in [2.45, 2.75) is 18.4 Å². The highest BCUT2D eigenvalue weighted by Gasteiger charge is 2.55. The molecule has 2 aliphatic heterocycles. The van der Waals surface area contributed by atoms with Gasteiger partial charge in [0.1, 0.15) is 12.3 Å². The van der Waals surface area contributed by atoms with Gasteiger partial charge in [-0.2, -0.15) is 0 Å². The summed E-state index contributed by atoms with van der Waals surface area (Å²) in [6, 6.07) is 24.1. The van der Waals surface area contributed by atoms with Crippen molar-refractivity contribution >= 4 is 23.5 Å². The lowest BCUT2D eigenvalue weighted by atomic mass is 9.84. The molecule has 2 heterocycles. The Balaban J connectivity index is 1.33. The fraction of sp³-hybridized carbons (Fsp3) is 0.192. The number of amides is 4. The first-order valence-corrected chi connectivity index (χ1v) is 10.8. The second-order valence-corrected chi connectivity index (χ2v) is 8.19. The van der Waals surface area contributed by atoms with Crippen LogP contribution in [0.2, 0.25) is 0 Å². The Morgan fingerprint density at radius 1 is 0.970 bits per heavy atom. The van der Waals surface area contributed by atoms with Crippen LogP contribution in [-0.2, 0) is 21.5 Å². The molecular weight excluding hydrogens is 418 g/mol. The van der Waals surface area contributed by atoms with Crippen molar-refractivity contribution in [2.24, 2.45) is 0 Å². The van der Waals surface area contributed by atoms with Gasteiger partial charge in [-0.1, -0.05) is 66.7 Å². The quantitative estimate of drug-likeness (QED) is 0.594. The van der Waals surface area contributed by atoms with Crippen LogP contribution < -0.4 is 15.4 Å². The summed E-state index contributed by atoms with van der Waals surface area (Å²) in [7, 11) is 0. The molecule has 3 aromatic rings. The number of ether oxygens (including phenoxy) is 1. The predicted octanol–water partition coefficient (Wildman–Crippen LogP) is 3.45. The van der Waals surface area contributed by atoms with Crippen LogP contribution in [0.5, 0.6) is 5.75 Å². The zero-order valence-corrected chi connectivity index (χ0v) is 17.9. The second kappa shape index (κ2) is 8.43. The van der Waals surface area contributed by atoms with E-state index in [2.05, 4.69) is 10.6 Å². The van der Waals surface area contributed by atoms with Gasteiger partial charge in [-0.05, 0) is 29.7 Å². The minimum absolute atomic E-state index is 0.302. The van der Waals surface area contributed by atoms with Crippen LogP contribution in [0.4, 0.5) is 10.5 Å². The topological polar surface area (TPSA) is 87.7 Å². The van der Waals surface area contributed by atoms with E-state index < -0.39 is 23.4 Å². The molecule has 0 saturated carbocycles. The number of hydrogen-bond acceptors (Lipinski definition) is 4. The minimum Gasteiger partial charge on any atom is -0.493 e. The second-order valence-electron chi connectivity index (χ2n) is 8.19. The Morgan fingerprint density at radius 3 is 2.55 bits per heavy atom. The number of para-hydroxylation sites is 2. The zero-order chi connectivity index (χ0) is 22.8. The zero-order valence-electron chi connectivity index (χ0n) is 17.9. The van der Waals surface area contributed by atoms with Gasteiger partial charge < -0.3 is 15.4 Å². The largest absolute Gasteiger partial charge is 0.493 e. The van der Waals surface area contributed by atoms with Crippen LogP contribution >= 0.6 is 0 Å². The average molecular weight is 441 g/mol. The summed E-state index contributed by atoms with van der Waals surface area (Å²) in [6.45, 7) is -0.0644. The number of nitrogens with one attached hydrogen (secondary N) is 2. The molecule has 5 rings (SSSR count). The van der Waals surface area contributed by atoms with Crippen molar-refractivity contribution in [3.05, 3.63) is 95.6 Å². The van der Waals surface area contributed by atoms with Crippen LogP contribution in [0, 0.1) is 0 Å². The van der Waals surface area contributed by atoms with Gasteiger partial charge in [0.15, 0.2) is 5.54 Å². The predicted molar refractivity (Wildman–Crippen MR) is 123 cm³/mol. The van der Waals surface area contributed by atoms with Gasteiger partial charge in [0.25, 0.3) is 5.91 Å². The van der Waals surface area contributed by atoms with E-state index in [1.165, 1.54) is 0 Å². The van der Waals surface area contributed by atoms with Gasteiger partial charge in [0, 0.05) is 17.7 Å². The summed E-state index contributed by atoms with van der Waals surface area (Å²) in [5.41, 5.74) is 2.14. The minimum atomic E-state index is -1.20. The molecule has 7 heteroatoms. The molecule has 0 aliphatic carbocycles. The highest BCUT2D eigenvalue weighted by atomic mass is 16.5. The van der Waals surface area contributed by atoms with Gasteiger partial charge in [-0.3, -0.25) is 14.5 Å². The number of fused-ring (bicyclic) bond motifs is 2. The fourth-order valence-corrected chi connectivity index (χ4v) is 4.46. The van der Waals surface area contributed by atoms with Crippen LogP contribution in [0.25, 0.3) is 0 Å². The maximum absolute atomic E-state index is 13.4. The van der Waals surface area contributed by atoms with Gasteiger partial charge in [0.2, 0.25) is 5.91 Å². The van der Waals surface area contributed by atoms with E-state index >= 15 is 0 Å². The first-order chi connectivity index (χ1) is 16.1. The molecule has 3 aromatic carbocycles. The Bertz CT molecular complexity index is 1230. The van der Waals surface area contributed by atoms with Crippen LogP contribution in [0.1, 0.15) is 23.1 Å². The summed E-state index contributed by atoms with van der Waals surface area (Å²) >= 11 is 0. The average Bonchev–Trinajstić information content (AvgIpc) is 3.06. The van der Waals surface area contributed by atoms with Gasteiger partial charge in [0.05, 0.1) is 6.61 Å². The maximum Gasteiger partial charge on any atom is 0.325 e. The molecule has 1 atom stereocenters. The van der Waals surface area contributed by atoms with E-state index in [1.54, 1.807) is 18.2 Å². The number of rotatable bonds is 5. The number of carbonyl (C=O) groups is 3. The van der Waals surface area contributed by atoms with Crippen molar-refractivity contribution in [3.63, 3.8) is 0 Å². The third-order valence-corrected chi connectivity index (χ3v) is 6.09. The first kappa shape index (κ1) is 20.8. The summed E-state index contributed by atoms with van der Waals surface area (Å²) in [4.78, 5) is 40.0. The first-order valence-electron chi connectivity index (χ1n) is 10.8. The van der Waals surface area contributed by atoms with Crippen molar-refractivity contribution in [2.75, 3.05) is 18.5 Å². The van der Waals surface area contributed by atoms with E-state index in [-0.39, 0.29) is 6.54 Å². The van der Waals surface area contributed by atoms with E-state index in [1.807, 2.05) is 60.7 Å². The van der Waals surface area contributed by atoms with Crippen molar-refractivity contribution in [1.29, 1.82) is 0 Å². The molecule has 0 aromatic heterocycles. The smallest absolute Gasteiger partial charge is 0.325 e. The summed E-state index contributed by atoms with van der Waals surface area (Å²) in [6.07, 6.45) is 0.965. The summed E-state index contributed by atoms with van der Waals surface area (Å²) < 4.78 is 5.65. The third-order valence-electron chi connectivity index (χ3n) is 6.09. The lowest BCUT2D eigenvalue weighted by Gasteiger charge is -2.33. The number of carbonyl (C=O) groups excluding carboxylic acids is 3. The maximum atomic E-state index is 13.4. The standard InChI is InChI=1S/C26H23N3O4/c30-23(27-21-12-6-4-10-19(21)16-18-8-2-1-3-9-18)17-29-24(31)26(28-25(29)32)14-15-33-22-13-7-5-11-20(22)26/h1-13H,14-17H2,(H,27,30)(H,28,32). The molecule has 1 unspecified atom stereocenters. The molecule has 166 valence electrons. The van der Waals surface area contributed by atoms with Crippen molar-refractivity contribution in [3.8, 4) is 5.75 Å². The van der Waals surface area contributed by atoms with Crippen molar-refractivity contribution in [1.82, 2.24) is 10.2 Å². The van der Waals surface area contributed by atoms with E-state index in [9.17, 15) is 14.4 Å².